The highest BCUT2D eigenvalue weighted by atomic mass is 16.1. The molecule has 0 unspecified atom stereocenters. The van der Waals surface area contributed by atoms with Crippen LogP contribution in [0.15, 0.2) is 0 Å². The maximum absolute atomic E-state index is 10.5. The van der Waals surface area contributed by atoms with Gasteiger partial charge < -0.3 is 11.1 Å². The Morgan fingerprint density at radius 3 is 2.50 bits per heavy atom. The Balaban J connectivity index is 2.13. The minimum absolute atomic E-state index is 0.214. The largest absolute Gasteiger partial charge is 0.370 e. The van der Waals surface area contributed by atoms with Crippen LogP contribution in [-0.4, -0.2) is 18.5 Å². The van der Waals surface area contributed by atoms with Gasteiger partial charge in [0.1, 0.15) is 0 Å². The predicted molar refractivity (Wildman–Crippen MR) is 57.9 cm³/mol. The maximum atomic E-state index is 10.5. The summed E-state index contributed by atoms with van der Waals surface area (Å²) in [5.74, 6) is -0.214. The zero-order valence-corrected chi connectivity index (χ0v) is 9.31. The molecule has 0 aromatic rings. The lowest BCUT2D eigenvalue weighted by Gasteiger charge is -2.34. The monoisotopic (exact) mass is 198 g/mol. The minimum Gasteiger partial charge on any atom is -0.370 e. The van der Waals surface area contributed by atoms with E-state index in [-0.39, 0.29) is 5.91 Å². The molecule has 0 aliphatic heterocycles. The lowest BCUT2D eigenvalue weighted by molar-refractivity contribution is -0.117. The Morgan fingerprint density at radius 2 is 2.00 bits per heavy atom. The van der Waals surface area contributed by atoms with Crippen molar-refractivity contribution in [2.24, 2.45) is 11.1 Å². The van der Waals surface area contributed by atoms with E-state index >= 15 is 0 Å². The lowest BCUT2D eigenvalue weighted by atomic mass is 9.75. The molecule has 0 bridgehead atoms. The molecule has 0 saturated heterocycles. The first-order chi connectivity index (χ1) is 6.49. The molecule has 1 rings (SSSR count). The first kappa shape index (κ1) is 11.5. The van der Waals surface area contributed by atoms with Gasteiger partial charge in [-0.15, -0.1) is 0 Å². The SMILES string of the molecule is CC1(C)CCC(NCCC(N)=O)CC1. The van der Waals surface area contributed by atoms with Crippen molar-refractivity contribution < 1.29 is 4.79 Å². The number of nitrogens with one attached hydrogen (secondary N) is 1. The second-order valence-corrected chi connectivity index (χ2v) is 5.11. The second-order valence-electron chi connectivity index (χ2n) is 5.11. The first-order valence-electron chi connectivity index (χ1n) is 5.51. The number of hydrogen-bond acceptors (Lipinski definition) is 2. The molecule has 3 N–H and O–H groups in total. The van der Waals surface area contributed by atoms with Gasteiger partial charge in [0.25, 0.3) is 0 Å². The highest BCUT2D eigenvalue weighted by Gasteiger charge is 2.26. The van der Waals surface area contributed by atoms with Gasteiger partial charge in [-0.3, -0.25) is 4.79 Å². The summed E-state index contributed by atoms with van der Waals surface area (Å²) in [6.07, 6.45) is 5.47. The molecule has 0 atom stereocenters. The molecule has 1 saturated carbocycles. The van der Waals surface area contributed by atoms with Crippen LogP contribution in [0.2, 0.25) is 0 Å². The first-order valence-corrected chi connectivity index (χ1v) is 5.51. The zero-order chi connectivity index (χ0) is 10.6. The molecule has 3 heteroatoms. The molecule has 0 heterocycles. The van der Waals surface area contributed by atoms with Crippen LogP contribution in [0.25, 0.3) is 0 Å². The van der Waals surface area contributed by atoms with Crippen molar-refractivity contribution in [3.05, 3.63) is 0 Å². The normalized spacial score (nSPS) is 22.1. The van der Waals surface area contributed by atoms with E-state index in [1.165, 1.54) is 25.7 Å². The van der Waals surface area contributed by atoms with E-state index in [4.69, 9.17) is 5.73 Å². The minimum atomic E-state index is -0.214. The summed E-state index contributed by atoms with van der Waals surface area (Å²) >= 11 is 0. The van der Waals surface area contributed by atoms with Crippen LogP contribution < -0.4 is 11.1 Å². The molecule has 3 nitrogen and oxygen atoms in total. The Hall–Kier alpha value is -0.570. The fourth-order valence-electron chi connectivity index (χ4n) is 2.00. The molecular weight excluding hydrogens is 176 g/mol. The van der Waals surface area contributed by atoms with E-state index in [2.05, 4.69) is 19.2 Å². The molecule has 1 aliphatic carbocycles. The Labute approximate surface area is 86.4 Å². The summed E-state index contributed by atoms with van der Waals surface area (Å²) in [6, 6.07) is 0.599. The van der Waals surface area contributed by atoms with Gasteiger partial charge in [0, 0.05) is 19.0 Å². The van der Waals surface area contributed by atoms with Gasteiger partial charge in [-0.1, -0.05) is 13.8 Å². The molecule has 1 amide bonds. The third-order valence-corrected chi connectivity index (χ3v) is 3.14. The molecule has 0 aromatic heterocycles. The lowest BCUT2D eigenvalue weighted by Crippen LogP contribution is -2.37. The average molecular weight is 198 g/mol. The molecular formula is C11H22N2O. The van der Waals surface area contributed by atoms with Crippen LogP contribution in [0.4, 0.5) is 0 Å². The number of carbonyl (C=O) groups excluding carboxylic acids is 1. The van der Waals surface area contributed by atoms with Gasteiger partial charge in [0.2, 0.25) is 5.91 Å². The van der Waals surface area contributed by atoms with Gasteiger partial charge in [0.05, 0.1) is 0 Å². The van der Waals surface area contributed by atoms with Crippen molar-refractivity contribution in [3.8, 4) is 0 Å². The second kappa shape index (κ2) is 4.78. The van der Waals surface area contributed by atoms with Gasteiger partial charge in [0.15, 0.2) is 0 Å². The summed E-state index contributed by atoms with van der Waals surface area (Å²) in [5.41, 5.74) is 5.59. The molecule has 0 spiro atoms. The summed E-state index contributed by atoms with van der Waals surface area (Å²) in [4.78, 5) is 10.5. The third-order valence-electron chi connectivity index (χ3n) is 3.14. The number of primary amides is 1. The Morgan fingerprint density at radius 1 is 1.43 bits per heavy atom. The Kier molecular flexibility index (Phi) is 3.93. The number of carbonyl (C=O) groups is 1. The standard InChI is InChI=1S/C11H22N2O/c1-11(2)6-3-9(4-7-11)13-8-5-10(12)14/h9,13H,3-8H2,1-2H3,(H2,12,14). The van der Waals surface area contributed by atoms with Crippen LogP contribution in [0.1, 0.15) is 46.0 Å². The molecule has 14 heavy (non-hydrogen) atoms. The zero-order valence-electron chi connectivity index (χ0n) is 9.31. The summed E-state index contributed by atoms with van der Waals surface area (Å²) in [5, 5.41) is 3.39. The van der Waals surface area contributed by atoms with Crippen molar-refractivity contribution in [2.45, 2.75) is 52.0 Å². The quantitative estimate of drug-likeness (QED) is 0.718. The molecule has 0 aromatic carbocycles. The van der Waals surface area contributed by atoms with E-state index in [0.717, 1.165) is 6.54 Å². The predicted octanol–water partition coefficient (Wildman–Crippen LogP) is 1.42. The van der Waals surface area contributed by atoms with Crippen LogP contribution >= 0.6 is 0 Å². The van der Waals surface area contributed by atoms with Crippen LogP contribution in [0.3, 0.4) is 0 Å². The number of hydrogen-bond donors (Lipinski definition) is 2. The third kappa shape index (κ3) is 4.09. The van der Waals surface area contributed by atoms with Crippen LogP contribution in [0.5, 0.6) is 0 Å². The summed E-state index contributed by atoms with van der Waals surface area (Å²) in [6.45, 7) is 5.39. The van der Waals surface area contributed by atoms with Crippen molar-refractivity contribution in [2.75, 3.05) is 6.54 Å². The van der Waals surface area contributed by atoms with E-state index in [1.54, 1.807) is 0 Å². The van der Waals surface area contributed by atoms with Gasteiger partial charge >= 0.3 is 0 Å². The molecule has 0 radical (unpaired) electrons. The molecule has 82 valence electrons. The smallest absolute Gasteiger partial charge is 0.218 e. The highest BCUT2D eigenvalue weighted by molar-refractivity contribution is 5.73. The van der Waals surface area contributed by atoms with Crippen LogP contribution in [-0.2, 0) is 4.79 Å². The fourth-order valence-corrected chi connectivity index (χ4v) is 2.00. The highest BCUT2D eigenvalue weighted by Crippen LogP contribution is 2.34. The van der Waals surface area contributed by atoms with E-state index in [0.29, 0.717) is 17.9 Å². The Bertz CT molecular complexity index is 191. The van der Waals surface area contributed by atoms with Crippen molar-refractivity contribution in [3.63, 3.8) is 0 Å². The molecule has 1 aliphatic rings. The number of rotatable bonds is 4. The average Bonchev–Trinajstić information content (AvgIpc) is 2.07. The van der Waals surface area contributed by atoms with Gasteiger partial charge in [-0.2, -0.15) is 0 Å². The van der Waals surface area contributed by atoms with E-state index < -0.39 is 0 Å². The van der Waals surface area contributed by atoms with E-state index in [1.807, 2.05) is 0 Å². The van der Waals surface area contributed by atoms with Crippen molar-refractivity contribution in [1.29, 1.82) is 0 Å². The maximum Gasteiger partial charge on any atom is 0.218 e. The van der Waals surface area contributed by atoms with Crippen molar-refractivity contribution >= 4 is 5.91 Å². The van der Waals surface area contributed by atoms with Crippen molar-refractivity contribution in [1.82, 2.24) is 5.32 Å². The number of nitrogens with two attached hydrogens (primary N) is 1. The topological polar surface area (TPSA) is 55.1 Å². The van der Waals surface area contributed by atoms with Gasteiger partial charge in [-0.25, -0.2) is 0 Å². The summed E-state index contributed by atoms with van der Waals surface area (Å²) < 4.78 is 0. The fraction of sp³-hybridized carbons (Fsp3) is 0.909. The van der Waals surface area contributed by atoms with Crippen LogP contribution in [0, 0.1) is 5.41 Å². The summed E-state index contributed by atoms with van der Waals surface area (Å²) in [7, 11) is 0. The number of amides is 1. The van der Waals surface area contributed by atoms with E-state index in [9.17, 15) is 4.79 Å². The van der Waals surface area contributed by atoms with Gasteiger partial charge in [-0.05, 0) is 31.1 Å². The molecule has 1 fully saturated rings.